The fourth-order valence-corrected chi connectivity index (χ4v) is 2.08. The van der Waals surface area contributed by atoms with E-state index in [0.717, 1.165) is 0 Å². The SMILES string of the molecule is CN(CCC(F)(F)F)CC(O)c1ccc2c(c1)OCCO2. The Balaban J connectivity index is 1.92. The van der Waals surface area contributed by atoms with Gasteiger partial charge in [0.1, 0.15) is 13.2 Å². The zero-order valence-electron chi connectivity index (χ0n) is 11.7. The largest absolute Gasteiger partial charge is 0.486 e. The highest BCUT2D eigenvalue weighted by Crippen LogP contribution is 2.32. The van der Waals surface area contributed by atoms with Crippen LogP contribution >= 0.6 is 0 Å². The number of aliphatic hydroxyl groups is 1. The lowest BCUT2D eigenvalue weighted by Crippen LogP contribution is -2.28. The number of hydrogen-bond acceptors (Lipinski definition) is 4. The molecule has 1 aliphatic heterocycles. The zero-order valence-corrected chi connectivity index (χ0v) is 11.7. The molecule has 7 heteroatoms. The van der Waals surface area contributed by atoms with Gasteiger partial charge in [-0.3, -0.25) is 0 Å². The standard InChI is InChI=1S/C14H18F3NO3/c1-18(5-4-14(15,16)17)9-11(19)10-2-3-12-13(8-10)21-7-6-20-12/h2-3,8,11,19H,4-7,9H2,1H3. The molecule has 4 nitrogen and oxygen atoms in total. The molecule has 1 unspecified atom stereocenters. The molecule has 21 heavy (non-hydrogen) atoms. The highest BCUT2D eigenvalue weighted by molar-refractivity contribution is 5.44. The molecule has 0 saturated heterocycles. The van der Waals surface area contributed by atoms with Crippen molar-refractivity contribution >= 4 is 0 Å². The number of alkyl halides is 3. The molecule has 1 aliphatic rings. The normalized spacial score (nSPS) is 16.1. The predicted molar refractivity (Wildman–Crippen MR) is 70.6 cm³/mol. The van der Waals surface area contributed by atoms with E-state index in [2.05, 4.69) is 0 Å². The number of likely N-dealkylation sites (N-methyl/N-ethyl adjacent to an activating group) is 1. The van der Waals surface area contributed by atoms with Crippen LogP contribution in [0.2, 0.25) is 0 Å². The van der Waals surface area contributed by atoms with E-state index >= 15 is 0 Å². The smallest absolute Gasteiger partial charge is 0.390 e. The average molecular weight is 305 g/mol. The molecule has 0 fully saturated rings. The van der Waals surface area contributed by atoms with Crippen molar-refractivity contribution in [3.63, 3.8) is 0 Å². The monoisotopic (exact) mass is 305 g/mol. The summed E-state index contributed by atoms with van der Waals surface area (Å²) in [5.41, 5.74) is 0.595. The minimum absolute atomic E-state index is 0.121. The Hall–Kier alpha value is -1.47. The van der Waals surface area contributed by atoms with Crippen molar-refractivity contribution in [2.45, 2.75) is 18.7 Å². The molecule has 118 valence electrons. The van der Waals surface area contributed by atoms with Gasteiger partial charge in [0.25, 0.3) is 0 Å². The molecule has 1 heterocycles. The van der Waals surface area contributed by atoms with Crippen LogP contribution < -0.4 is 9.47 Å². The maximum absolute atomic E-state index is 12.1. The third-order valence-corrected chi connectivity index (χ3v) is 3.21. The van der Waals surface area contributed by atoms with E-state index in [9.17, 15) is 18.3 Å². The van der Waals surface area contributed by atoms with E-state index in [0.29, 0.717) is 30.3 Å². The molecule has 1 aromatic rings. The lowest BCUT2D eigenvalue weighted by Gasteiger charge is -2.23. The summed E-state index contributed by atoms with van der Waals surface area (Å²) in [5.74, 6) is 1.17. The Morgan fingerprint density at radius 1 is 1.24 bits per heavy atom. The molecular formula is C14H18F3NO3. The lowest BCUT2D eigenvalue weighted by molar-refractivity contribution is -0.137. The van der Waals surface area contributed by atoms with Crippen LogP contribution in [-0.2, 0) is 0 Å². The quantitative estimate of drug-likeness (QED) is 0.907. The molecule has 0 saturated carbocycles. The Labute approximate surface area is 121 Å². The topological polar surface area (TPSA) is 41.9 Å². The zero-order chi connectivity index (χ0) is 15.5. The first-order valence-corrected chi connectivity index (χ1v) is 6.68. The first-order valence-electron chi connectivity index (χ1n) is 6.68. The van der Waals surface area contributed by atoms with Gasteiger partial charge in [-0.05, 0) is 24.7 Å². The van der Waals surface area contributed by atoms with Crippen LogP contribution in [0, 0.1) is 0 Å². The molecule has 0 bridgehead atoms. The molecule has 1 N–H and O–H groups in total. The van der Waals surface area contributed by atoms with E-state index in [1.165, 1.54) is 4.90 Å². The van der Waals surface area contributed by atoms with Crippen LogP contribution in [0.1, 0.15) is 18.1 Å². The third-order valence-electron chi connectivity index (χ3n) is 3.21. The third kappa shape index (κ3) is 4.78. The van der Waals surface area contributed by atoms with Gasteiger partial charge in [-0.1, -0.05) is 6.07 Å². The Morgan fingerprint density at radius 3 is 2.57 bits per heavy atom. The van der Waals surface area contributed by atoms with Crippen molar-refractivity contribution in [3.05, 3.63) is 23.8 Å². The van der Waals surface area contributed by atoms with Crippen molar-refractivity contribution in [1.82, 2.24) is 4.90 Å². The summed E-state index contributed by atoms with van der Waals surface area (Å²) in [6.45, 7) is 0.897. The first kappa shape index (κ1) is 15.9. The molecule has 0 aliphatic carbocycles. The van der Waals surface area contributed by atoms with Crippen molar-refractivity contribution < 1.29 is 27.8 Å². The van der Waals surface area contributed by atoms with Crippen LogP contribution in [0.3, 0.4) is 0 Å². The van der Waals surface area contributed by atoms with Crippen LogP contribution in [0.15, 0.2) is 18.2 Å². The van der Waals surface area contributed by atoms with Crippen LogP contribution in [0.5, 0.6) is 11.5 Å². The predicted octanol–water partition coefficient (Wildman–Crippen LogP) is 2.38. The number of ether oxygens (including phenoxy) is 2. The number of hydrogen-bond donors (Lipinski definition) is 1. The number of fused-ring (bicyclic) bond motifs is 1. The van der Waals surface area contributed by atoms with E-state index in [1.807, 2.05) is 0 Å². The highest BCUT2D eigenvalue weighted by atomic mass is 19.4. The van der Waals surface area contributed by atoms with Crippen molar-refractivity contribution in [3.8, 4) is 11.5 Å². The Bertz CT molecular complexity index is 479. The molecule has 0 radical (unpaired) electrons. The van der Waals surface area contributed by atoms with Gasteiger partial charge < -0.3 is 19.5 Å². The van der Waals surface area contributed by atoms with Gasteiger partial charge >= 0.3 is 6.18 Å². The average Bonchev–Trinajstić information content (AvgIpc) is 2.44. The van der Waals surface area contributed by atoms with Crippen LogP contribution in [0.4, 0.5) is 13.2 Å². The van der Waals surface area contributed by atoms with E-state index in [1.54, 1.807) is 25.2 Å². The van der Waals surface area contributed by atoms with E-state index in [-0.39, 0.29) is 13.1 Å². The van der Waals surface area contributed by atoms with E-state index < -0.39 is 18.7 Å². The number of nitrogens with zero attached hydrogens (tertiary/aromatic N) is 1. The number of rotatable bonds is 5. The van der Waals surface area contributed by atoms with Gasteiger partial charge in [0.2, 0.25) is 0 Å². The minimum atomic E-state index is -4.18. The second-order valence-electron chi connectivity index (χ2n) is 5.05. The minimum Gasteiger partial charge on any atom is -0.486 e. The number of halogens is 3. The summed E-state index contributed by atoms with van der Waals surface area (Å²) in [5, 5.41) is 10.1. The van der Waals surface area contributed by atoms with Crippen LogP contribution in [-0.4, -0.2) is 49.5 Å². The molecule has 0 amide bonds. The fraction of sp³-hybridized carbons (Fsp3) is 0.571. The van der Waals surface area contributed by atoms with Gasteiger partial charge in [0.05, 0.1) is 12.5 Å². The summed E-state index contributed by atoms with van der Waals surface area (Å²) < 4.78 is 47.2. The molecule has 1 atom stereocenters. The lowest BCUT2D eigenvalue weighted by atomic mass is 10.1. The summed E-state index contributed by atoms with van der Waals surface area (Å²) in [6, 6.07) is 5.05. The number of benzene rings is 1. The van der Waals surface area contributed by atoms with Gasteiger partial charge in [-0.25, -0.2) is 0 Å². The van der Waals surface area contributed by atoms with Crippen molar-refractivity contribution in [2.24, 2.45) is 0 Å². The molecule has 0 spiro atoms. The van der Waals surface area contributed by atoms with Gasteiger partial charge in [0.15, 0.2) is 11.5 Å². The van der Waals surface area contributed by atoms with Gasteiger partial charge in [0, 0.05) is 13.1 Å². The summed E-state index contributed by atoms with van der Waals surface area (Å²) in [4.78, 5) is 1.45. The molecule has 1 aromatic carbocycles. The first-order chi connectivity index (χ1) is 9.85. The highest BCUT2D eigenvalue weighted by Gasteiger charge is 2.27. The second-order valence-corrected chi connectivity index (χ2v) is 5.05. The van der Waals surface area contributed by atoms with Gasteiger partial charge in [-0.2, -0.15) is 13.2 Å². The second kappa shape index (κ2) is 6.53. The Kier molecular flexibility index (Phi) is 4.95. The summed E-state index contributed by atoms with van der Waals surface area (Å²) in [7, 11) is 1.55. The Morgan fingerprint density at radius 2 is 1.90 bits per heavy atom. The maximum Gasteiger partial charge on any atom is 0.390 e. The summed E-state index contributed by atoms with van der Waals surface area (Å²) in [6.07, 6.45) is -5.95. The van der Waals surface area contributed by atoms with Crippen molar-refractivity contribution in [1.29, 1.82) is 0 Å². The molecular weight excluding hydrogens is 287 g/mol. The fourth-order valence-electron chi connectivity index (χ4n) is 2.08. The van der Waals surface area contributed by atoms with Gasteiger partial charge in [-0.15, -0.1) is 0 Å². The maximum atomic E-state index is 12.1. The molecule has 0 aromatic heterocycles. The number of aliphatic hydroxyl groups excluding tert-OH is 1. The molecule has 2 rings (SSSR count). The summed E-state index contributed by atoms with van der Waals surface area (Å²) >= 11 is 0. The van der Waals surface area contributed by atoms with Crippen molar-refractivity contribution in [2.75, 3.05) is 33.4 Å². The van der Waals surface area contributed by atoms with E-state index in [4.69, 9.17) is 9.47 Å². The van der Waals surface area contributed by atoms with Crippen LogP contribution in [0.25, 0.3) is 0 Å².